The Morgan fingerprint density at radius 3 is 2.36 bits per heavy atom. The molecule has 2 aromatic rings. The number of urea groups is 1. The van der Waals surface area contributed by atoms with Crippen LogP contribution in [0.1, 0.15) is 58.3 Å². The molecule has 1 aromatic carbocycles. The smallest absolute Gasteiger partial charge is 0.321 e. The number of aromatic nitrogens is 2. The molecule has 0 aliphatic heterocycles. The molecule has 0 saturated carbocycles. The number of benzene rings is 1. The maximum Gasteiger partial charge on any atom is 0.321 e. The Balaban J connectivity index is 1.57. The van der Waals surface area contributed by atoms with Gasteiger partial charge in [-0.1, -0.05) is 93.5 Å². The Bertz CT molecular complexity index is 615. The van der Waals surface area contributed by atoms with Crippen LogP contribution >= 0.6 is 11.3 Å². The van der Waals surface area contributed by atoms with Gasteiger partial charge in [0, 0.05) is 12.1 Å². The molecule has 0 saturated heterocycles. The maximum absolute atomic E-state index is 11.9. The SMILES string of the molecule is CCCCCCCCCCNC(=O)Nc1nnc(-c2ccccc2)s1. The number of anilines is 1. The Hall–Kier alpha value is -1.95. The van der Waals surface area contributed by atoms with Gasteiger partial charge in [0.1, 0.15) is 5.01 Å². The Labute approximate surface area is 154 Å². The third-order valence-electron chi connectivity index (χ3n) is 3.98. The zero-order valence-corrected chi connectivity index (χ0v) is 15.8. The molecule has 0 aliphatic carbocycles. The lowest BCUT2D eigenvalue weighted by Crippen LogP contribution is -2.29. The number of unbranched alkanes of at least 4 members (excludes halogenated alkanes) is 7. The van der Waals surface area contributed by atoms with E-state index in [1.54, 1.807) is 0 Å². The Morgan fingerprint density at radius 2 is 1.64 bits per heavy atom. The summed E-state index contributed by atoms with van der Waals surface area (Å²) in [4.78, 5) is 11.9. The molecule has 1 aromatic heterocycles. The highest BCUT2D eigenvalue weighted by molar-refractivity contribution is 7.18. The van der Waals surface area contributed by atoms with Crippen molar-refractivity contribution in [3.05, 3.63) is 30.3 Å². The summed E-state index contributed by atoms with van der Waals surface area (Å²) in [5, 5.41) is 15.1. The lowest BCUT2D eigenvalue weighted by atomic mass is 10.1. The van der Waals surface area contributed by atoms with Gasteiger partial charge in [-0.3, -0.25) is 5.32 Å². The van der Waals surface area contributed by atoms with Gasteiger partial charge in [-0.05, 0) is 6.42 Å². The summed E-state index contributed by atoms with van der Waals surface area (Å²) < 4.78 is 0. The molecule has 6 heteroatoms. The van der Waals surface area contributed by atoms with Crippen LogP contribution in [0.25, 0.3) is 10.6 Å². The number of carbonyl (C=O) groups excluding carboxylic acids is 1. The van der Waals surface area contributed by atoms with E-state index < -0.39 is 0 Å². The molecular weight excluding hydrogens is 332 g/mol. The molecule has 0 bridgehead atoms. The van der Waals surface area contributed by atoms with Crippen molar-refractivity contribution in [1.82, 2.24) is 15.5 Å². The number of nitrogens with one attached hydrogen (secondary N) is 2. The van der Waals surface area contributed by atoms with Crippen molar-refractivity contribution in [2.45, 2.75) is 58.3 Å². The van der Waals surface area contributed by atoms with E-state index in [-0.39, 0.29) is 6.03 Å². The Morgan fingerprint density at radius 1 is 0.960 bits per heavy atom. The average molecular weight is 361 g/mol. The first-order chi connectivity index (χ1) is 12.3. The summed E-state index contributed by atoms with van der Waals surface area (Å²) >= 11 is 1.38. The highest BCUT2D eigenvalue weighted by atomic mass is 32.1. The van der Waals surface area contributed by atoms with Crippen molar-refractivity contribution in [2.75, 3.05) is 11.9 Å². The fourth-order valence-electron chi connectivity index (χ4n) is 2.57. The van der Waals surface area contributed by atoms with Crippen LogP contribution in [0.15, 0.2) is 30.3 Å². The number of rotatable bonds is 11. The average Bonchev–Trinajstić information content (AvgIpc) is 3.09. The molecule has 0 atom stereocenters. The van der Waals surface area contributed by atoms with Gasteiger partial charge >= 0.3 is 6.03 Å². The van der Waals surface area contributed by atoms with Gasteiger partial charge in [-0.15, -0.1) is 10.2 Å². The van der Waals surface area contributed by atoms with Crippen LogP contribution in [-0.4, -0.2) is 22.8 Å². The number of amides is 2. The first-order valence-electron chi connectivity index (χ1n) is 9.23. The van der Waals surface area contributed by atoms with Crippen LogP contribution in [-0.2, 0) is 0 Å². The molecule has 1 heterocycles. The minimum atomic E-state index is -0.210. The van der Waals surface area contributed by atoms with E-state index in [9.17, 15) is 4.79 Å². The number of hydrogen-bond donors (Lipinski definition) is 2. The van der Waals surface area contributed by atoms with Gasteiger partial charge in [0.25, 0.3) is 0 Å². The number of carbonyl (C=O) groups is 1. The maximum atomic E-state index is 11.9. The third-order valence-corrected chi connectivity index (χ3v) is 4.87. The predicted octanol–water partition coefficient (Wildman–Crippen LogP) is 5.47. The van der Waals surface area contributed by atoms with E-state index >= 15 is 0 Å². The molecule has 0 aliphatic rings. The normalized spacial score (nSPS) is 10.6. The van der Waals surface area contributed by atoms with Gasteiger partial charge in [0.2, 0.25) is 5.13 Å². The van der Waals surface area contributed by atoms with E-state index in [1.165, 1.54) is 56.3 Å². The molecule has 2 N–H and O–H groups in total. The fourth-order valence-corrected chi connectivity index (χ4v) is 3.32. The van der Waals surface area contributed by atoms with E-state index in [0.717, 1.165) is 17.0 Å². The molecular formula is C19H28N4OS. The van der Waals surface area contributed by atoms with E-state index in [0.29, 0.717) is 11.7 Å². The second kappa shape index (κ2) is 11.6. The van der Waals surface area contributed by atoms with Crippen LogP contribution in [0.4, 0.5) is 9.93 Å². The quantitative estimate of drug-likeness (QED) is 0.522. The first kappa shape index (κ1) is 19.4. The van der Waals surface area contributed by atoms with E-state index in [1.807, 2.05) is 30.3 Å². The molecule has 5 nitrogen and oxygen atoms in total. The highest BCUT2D eigenvalue weighted by Crippen LogP contribution is 2.25. The molecule has 2 rings (SSSR count). The van der Waals surface area contributed by atoms with Crippen molar-refractivity contribution in [3.63, 3.8) is 0 Å². The van der Waals surface area contributed by atoms with Crippen molar-refractivity contribution >= 4 is 22.5 Å². The van der Waals surface area contributed by atoms with Gasteiger partial charge < -0.3 is 5.32 Å². The minimum absolute atomic E-state index is 0.210. The number of nitrogens with zero attached hydrogens (tertiary/aromatic N) is 2. The van der Waals surface area contributed by atoms with E-state index in [2.05, 4.69) is 27.8 Å². The highest BCUT2D eigenvalue weighted by Gasteiger charge is 2.08. The van der Waals surface area contributed by atoms with Crippen LogP contribution in [0.3, 0.4) is 0 Å². The summed E-state index contributed by atoms with van der Waals surface area (Å²) in [6.45, 7) is 2.94. The van der Waals surface area contributed by atoms with Gasteiger partial charge in [-0.2, -0.15) is 0 Å². The topological polar surface area (TPSA) is 66.9 Å². The second-order valence-corrected chi connectivity index (χ2v) is 7.11. The first-order valence-corrected chi connectivity index (χ1v) is 10.0. The van der Waals surface area contributed by atoms with Gasteiger partial charge in [0.05, 0.1) is 0 Å². The molecule has 136 valence electrons. The summed E-state index contributed by atoms with van der Waals surface area (Å²) in [6, 6.07) is 9.63. The molecule has 0 spiro atoms. The molecule has 2 amide bonds. The van der Waals surface area contributed by atoms with Gasteiger partial charge in [-0.25, -0.2) is 4.79 Å². The summed E-state index contributed by atoms with van der Waals surface area (Å²) in [7, 11) is 0. The standard InChI is InChI=1S/C19H28N4OS/c1-2-3-4-5-6-7-8-12-15-20-18(24)21-19-23-22-17(25-19)16-13-10-9-11-14-16/h9-11,13-14H,2-8,12,15H2,1H3,(H2,20,21,23,24). The second-order valence-electron chi connectivity index (χ2n) is 6.13. The molecule has 0 unspecified atom stereocenters. The molecule has 25 heavy (non-hydrogen) atoms. The zero-order valence-electron chi connectivity index (χ0n) is 15.0. The third kappa shape index (κ3) is 7.65. The largest absolute Gasteiger partial charge is 0.338 e. The van der Waals surface area contributed by atoms with E-state index in [4.69, 9.17) is 0 Å². The van der Waals surface area contributed by atoms with Gasteiger partial charge in [0.15, 0.2) is 0 Å². The summed E-state index contributed by atoms with van der Waals surface area (Å²) in [5.41, 5.74) is 1.01. The monoisotopic (exact) mass is 360 g/mol. The zero-order chi connectivity index (χ0) is 17.7. The van der Waals surface area contributed by atoms with Crippen molar-refractivity contribution < 1.29 is 4.79 Å². The van der Waals surface area contributed by atoms with Crippen LogP contribution < -0.4 is 10.6 Å². The molecule has 0 fully saturated rings. The van der Waals surface area contributed by atoms with Crippen LogP contribution in [0.5, 0.6) is 0 Å². The van der Waals surface area contributed by atoms with Crippen LogP contribution in [0, 0.1) is 0 Å². The van der Waals surface area contributed by atoms with Crippen molar-refractivity contribution in [3.8, 4) is 10.6 Å². The lowest BCUT2D eigenvalue weighted by Gasteiger charge is -2.05. The molecule has 0 radical (unpaired) electrons. The minimum Gasteiger partial charge on any atom is -0.338 e. The van der Waals surface area contributed by atoms with Crippen molar-refractivity contribution in [1.29, 1.82) is 0 Å². The van der Waals surface area contributed by atoms with Crippen LogP contribution in [0.2, 0.25) is 0 Å². The predicted molar refractivity (Wildman–Crippen MR) is 105 cm³/mol. The fraction of sp³-hybridized carbons (Fsp3) is 0.526. The Kier molecular flexibility index (Phi) is 8.97. The lowest BCUT2D eigenvalue weighted by molar-refractivity contribution is 0.252. The summed E-state index contributed by atoms with van der Waals surface area (Å²) in [6.07, 6.45) is 10.1. The van der Waals surface area contributed by atoms with Crippen molar-refractivity contribution in [2.24, 2.45) is 0 Å². The number of hydrogen-bond acceptors (Lipinski definition) is 4. The summed E-state index contributed by atoms with van der Waals surface area (Å²) in [5.74, 6) is 0.